The molecule has 5 fully saturated rings. The molecule has 1 atom stereocenters. The van der Waals surface area contributed by atoms with Crippen LogP contribution in [-0.2, 0) is 14.7 Å². The maximum absolute atomic E-state index is 6.47. The minimum Gasteiger partial charge on any atom is -0.395 e. The first-order valence-corrected chi connectivity index (χ1v) is 13.7. The summed E-state index contributed by atoms with van der Waals surface area (Å²) in [7, 11) is -0.368. The van der Waals surface area contributed by atoms with Crippen molar-refractivity contribution in [2.24, 2.45) is 23.7 Å². The van der Waals surface area contributed by atoms with Crippen LogP contribution in [0.1, 0.15) is 64.0 Å². The Morgan fingerprint density at radius 1 is 0.800 bits per heavy atom. The van der Waals surface area contributed by atoms with Crippen LogP contribution < -0.4 is 5.46 Å². The number of benzene rings is 3. The van der Waals surface area contributed by atoms with Gasteiger partial charge in [-0.1, -0.05) is 54.6 Å². The van der Waals surface area contributed by atoms with Gasteiger partial charge in [0.2, 0.25) is 5.60 Å². The predicted octanol–water partition coefficient (Wildman–Crippen LogP) is 6.68. The molecular formula is C32H34BO2+. The second-order valence-corrected chi connectivity index (χ2v) is 13.0. The van der Waals surface area contributed by atoms with Crippen LogP contribution in [-0.4, -0.2) is 18.3 Å². The lowest BCUT2D eigenvalue weighted by molar-refractivity contribution is -0.0393. The minimum absolute atomic E-state index is 0.122. The van der Waals surface area contributed by atoms with Gasteiger partial charge in [-0.25, -0.2) is 0 Å². The Balaban J connectivity index is 1.37. The molecule has 4 bridgehead atoms. The second kappa shape index (κ2) is 6.55. The molecule has 176 valence electrons. The van der Waals surface area contributed by atoms with Gasteiger partial charge in [-0.3, -0.25) is 0 Å². The molecule has 5 aliphatic carbocycles. The van der Waals surface area contributed by atoms with Crippen LogP contribution in [0.4, 0.5) is 0 Å². The summed E-state index contributed by atoms with van der Waals surface area (Å²) in [6.45, 7) is 10.6. The van der Waals surface area contributed by atoms with Gasteiger partial charge < -0.3 is 9.31 Å². The van der Waals surface area contributed by atoms with Crippen molar-refractivity contribution >= 4 is 23.4 Å². The molecule has 6 aliphatic rings. The van der Waals surface area contributed by atoms with E-state index >= 15 is 0 Å². The quantitative estimate of drug-likeness (QED) is 0.298. The number of hydrogen-bond donors (Lipinski definition) is 0. The zero-order chi connectivity index (χ0) is 23.7. The van der Waals surface area contributed by atoms with Crippen molar-refractivity contribution < 1.29 is 9.31 Å². The van der Waals surface area contributed by atoms with Gasteiger partial charge in [0.15, 0.2) is 0 Å². The Kier molecular flexibility index (Phi) is 3.92. The largest absolute Gasteiger partial charge is 0.498 e. The maximum Gasteiger partial charge on any atom is 0.498 e. The van der Waals surface area contributed by atoms with E-state index in [9.17, 15) is 0 Å². The number of hydrogen-bond acceptors (Lipinski definition) is 2. The number of rotatable bonds is 1. The molecule has 1 aliphatic heterocycles. The Morgan fingerprint density at radius 3 is 2.17 bits per heavy atom. The van der Waals surface area contributed by atoms with E-state index in [1.807, 2.05) is 6.92 Å². The number of fused-ring (bicyclic) bond motifs is 5. The highest BCUT2D eigenvalue weighted by atomic mass is 16.7. The first kappa shape index (κ1) is 20.9. The fourth-order valence-electron chi connectivity index (χ4n) is 9.07. The van der Waals surface area contributed by atoms with Gasteiger partial charge in [-0.15, -0.1) is 0 Å². The standard InChI is InChI=1S/C32H34BO2/c1-30(2)31(3,4)35-33(34-30)24-10-12-26-27-11-9-21-7-5-6-8-25(21)29(27)32(28(26)18-24)22-14-19-13-20(16-22)17-23(32)15-19/h5-12,18-20,22-23H,1,13-17H2,2-4H3/q+1. The van der Waals surface area contributed by atoms with Gasteiger partial charge in [0, 0.05) is 12.3 Å². The van der Waals surface area contributed by atoms with Gasteiger partial charge in [-0.05, 0) is 108 Å². The summed E-state index contributed by atoms with van der Waals surface area (Å²) in [5.74, 6) is 3.34. The second-order valence-electron chi connectivity index (χ2n) is 13.0. The molecule has 4 saturated carbocycles. The lowest BCUT2D eigenvalue weighted by atomic mass is 9.42. The molecular weight excluding hydrogens is 427 g/mol. The van der Waals surface area contributed by atoms with Crippen molar-refractivity contribution in [3.05, 3.63) is 72.6 Å². The van der Waals surface area contributed by atoms with E-state index in [4.69, 9.17) is 9.31 Å². The summed E-state index contributed by atoms with van der Waals surface area (Å²) >= 11 is 0. The van der Waals surface area contributed by atoms with Crippen LogP contribution >= 0.6 is 0 Å². The molecule has 0 aromatic heterocycles. The van der Waals surface area contributed by atoms with Crippen molar-refractivity contribution in [1.29, 1.82) is 0 Å². The average molecular weight is 461 g/mol. The highest BCUT2D eigenvalue weighted by Gasteiger charge is 2.63. The van der Waals surface area contributed by atoms with E-state index in [2.05, 4.69) is 75.4 Å². The van der Waals surface area contributed by atoms with E-state index in [0.717, 1.165) is 29.1 Å². The summed E-state index contributed by atoms with van der Waals surface area (Å²) in [6.07, 6.45) is 7.03. The summed E-state index contributed by atoms with van der Waals surface area (Å²) in [5.41, 5.74) is 6.35. The monoisotopic (exact) mass is 461 g/mol. The molecule has 0 N–H and O–H groups in total. The molecule has 1 spiro atoms. The van der Waals surface area contributed by atoms with Crippen molar-refractivity contribution in [1.82, 2.24) is 0 Å². The molecule has 9 rings (SSSR count). The van der Waals surface area contributed by atoms with E-state index in [0.29, 0.717) is 0 Å². The molecule has 1 saturated heterocycles. The van der Waals surface area contributed by atoms with Crippen molar-refractivity contribution in [3.63, 3.8) is 0 Å². The smallest absolute Gasteiger partial charge is 0.395 e. The predicted molar refractivity (Wildman–Crippen MR) is 143 cm³/mol. The first-order valence-electron chi connectivity index (χ1n) is 13.7. The Morgan fingerprint density at radius 2 is 1.49 bits per heavy atom. The van der Waals surface area contributed by atoms with Gasteiger partial charge in [-0.2, -0.15) is 0 Å². The maximum atomic E-state index is 6.47. The lowest BCUT2D eigenvalue weighted by Gasteiger charge is -2.61. The fourth-order valence-corrected chi connectivity index (χ4v) is 9.07. The molecule has 0 amide bonds. The van der Waals surface area contributed by atoms with Crippen LogP contribution in [0.5, 0.6) is 0 Å². The van der Waals surface area contributed by atoms with Gasteiger partial charge >= 0.3 is 7.12 Å². The summed E-state index contributed by atoms with van der Waals surface area (Å²) in [6, 6.07) is 20.9. The van der Waals surface area contributed by atoms with Crippen molar-refractivity contribution in [3.8, 4) is 11.1 Å². The van der Waals surface area contributed by atoms with Crippen LogP contribution in [0.2, 0.25) is 0 Å². The fraction of sp³-hybridized carbons (Fsp3) is 0.469. The molecule has 1 unspecified atom stereocenters. The summed E-state index contributed by atoms with van der Waals surface area (Å²) in [4.78, 5) is 0. The zero-order valence-electron chi connectivity index (χ0n) is 21.1. The Hall–Kier alpha value is -2.23. The molecule has 1 heterocycles. The average Bonchev–Trinajstić information content (AvgIpc) is 3.24. The summed E-state index contributed by atoms with van der Waals surface area (Å²) < 4.78 is 12.9. The van der Waals surface area contributed by atoms with Gasteiger partial charge in [0.1, 0.15) is 5.60 Å². The van der Waals surface area contributed by atoms with Crippen LogP contribution in [0, 0.1) is 30.6 Å². The zero-order valence-corrected chi connectivity index (χ0v) is 21.1. The van der Waals surface area contributed by atoms with Crippen LogP contribution in [0.25, 0.3) is 21.9 Å². The first-order chi connectivity index (χ1) is 16.8. The van der Waals surface area contributed by atoms with Gasteiger partial charge in [0.25, 0.3) is 0 Å². The van der Waals surface area contributed by atoms with E-state index in [1.54, 1.807) is 11.1 Å². The normalized spacial score (nSPS) is 37.9. The van der Waals surface area contributed by atoms with Crippen LogP contribution in [0.15, 0.2) is 54.6 Å². The highest BCUT2D eigenvalue weighted by Crippen LogP contribution is 2.70. The third kappa shape index (κ3) is 2.52. The van der Waals surface area contributed by atoms with E-state index in [-0.39, 0.29) is 12.5 Å². The minimum atomic E-state index is -0.573. The molecule has 35 heavy (non-hydrogen) atoms. The SMILES string of the molecule is [CH2+]C1(C)OB(c2ccc3c(c2)C2(c4c-3ccc3ccccc43)C3CC4CC(C3)CC2C4)OC1(C)C. The topological polar surface area (TPSA) is 18.5 Å². The molecule has 2 nitrogen and oxygen atoms in total. The Labute approximate surface area is 209 Å². The molecule has 0 radical (unpaired) electrons. The third-order valence-electron chi connectivity index (χ3n) is 10.9. The third-order valence-corrected chi connectivity index (χ3v) is 10.9. The molecule has 3 heteroatoms. The molecule has 3 aromatic rings. The van der Waals surface area contributed by atoms with E-state index in [1.165, 1.54) is 54.0 Å². The van der Waals surface area contributed by atoms with Crippen molar-refractivity contribution in [2.75, 3.05) is 0 Å². The van der Waals surface area contributed by atoms with Gasteiger partial charge in [0.05, 0.1) is 6.92 Å². The van der Waals surface area contributed by atoms with Crippen molar-refractivity contribution in [2.45, 2.75) is 69.5 Å². The summed E-state index contributed by atoms with van der Waals surface area (Å²) in [5, 5.41) is 2.85. The Bertz CT molecular complexity index is 1340. The highest BCUT2D eigenvalue weighted by molar-refractivity contribution is 6.62. The lowest BCUT2D eigenvalue weighted by Crippen LogP contribution is -2.55. The van der Waals surface area contributed by atoms with Crippen LogP contribution in [0.3, 0.4) is 0 Å². The van der Waals surface area contributed by atoms with E-state index < -0.39 is 11.2 Å². The molecule has 3 aromatic carbocycles.